The van der Waals surface area contributed by atoms with Crippen molar-refractivity contribution in [3.8, 4) is 11.4 Å². The predicted molar refractivity (Wildman–Crippen MR) is 62.2 cm³/mol. The molecule has 0 aliphatic heterocycles. The molecule has 0 unspecified atom stereocenters. The molecule has 0 bridgehead atoms. The number of tetrazole rings is 1. The molecule has 1 heterocycles. The number of likely N-dealkylation sites (N-methyl/N-ethyl adjacent to an activating group) is 1. The highest BCUT2D eigenvalue weighted by Crippen LogP contribution is 2.16. The van der Waals surface area contributed by atoms with E-state index >= 15 is 0 Å². The van der Waals surface area contributed by atoms with Crippen LogP contribution >= 0.6 is 11.6 Å². The van der Waals surface area contributed by atoms with E-state index in [1.807, 2.05) is 31.3 Å². The Kier molecular flexibility index (Phi) is 3.48. The minimum absolute atomic E-state index is 0.618. The van der Waals surface area contributed by atoms with Gasteiger partial charge >= 0.3 is 0 Å². The summed E-state index contributed by atoms with van der Waals surface area (Å²) < 4.78 is 0. The SMILES string of the molecule is CNCCn1nnc(-c2ccc(Cl)cc2)n1. The molecule has 0 atom stereocenters. The molecule has 0 fully saturated rings. The molecule has 1 N–H and O–H groups in total. The van der Waals surface area contributed by atoms with Crippen LogP contribution < -0.4 is 5.32 Å². The number of hydrogen-bond acceptors (Lipinski definition) is 4. The molecule has 0 aliphatic carbocycles. The fourth-order valence-electron chi connectivity index (χ4n) is 1.26. The zero-order chi connectivity index (χ0) is 11.4. The molecule has 2 rings (SSSR count). The van der Waals surface area contributed by atoms with Gasteiger partial charge < -0.3 is 5.32 Å². The van der Waals surface area contributed by atoms with Crippen molar-refractivity contribution >= 4 is 11.6 Å². The molecule has 0 saturated heterocycles. The van der Waals surface area contributed by atoms with E-state index in [4.69, 9.17) is 11.6 Å². The summed E-state index contributed by atoms with van der Waals surface area (Å²) in [6.45, 7) is 1.52. The molecule has 2 aromatic rings. The lowest BCUT2D eigenvalue weighted by Crippen LogP contribution is -2.16. The number of rotatable bonds is 4. The Morgan fingerprint density at radius 3 is 2.75 bits per heavy atom. The van der Waals surface area contributed by atoms with Gasteiger partial charge in [0.05, 0.1) is 6.54 Å². The third kappa shape index (κ3) is 2.56. The number of nitrogens with zero attached hydrogens (tertiary/aromatic N) is 4. The van der Waals surface area contributed by atoms with Gasteiger partial charge in [-0.2, -0.15) is 4.80 Å². The molecule has 0 amide bonds. The first kappa shape index (κ1) is 11.0. The van der Waals surface area contributed by atoms with Gasteiger partial charge in [0.15, 0.2) is 0 Å². The Balaban J connectivity index is 2.15. The van der Waals surface area contributed by atoms with Crippen molar-refractivity contribution in [3.05, 3.63) is 29.3 Å². The van der Waals surface area contributed by atoms with Crippen LogP contribution in [0.15, 0.2) is 24.3 Å². The number of halogens is 1. The first-order valence-electron chi connectivity index (χ1n) is 4.98. The molecule has 6 heteroatoms. The van der Waals surface area contributed by atoms with Crippen molar-refractivity contribution in [2.75, 3.05) is 13.6 Å². The number of aromatic nitrogens is 4. The highest BCUT2D eigenvalue weighted by Gasteiger charge is 2.04. The van der Waals surface area contributed by atoms with Crippen molar-refractivity contribution in [2.45, 2.75) is 6.54 Å². The van der Waals surface area contributed by atoms with Crippen LogP contribution in [0.4, 0.5) is 0 Å². The van der Waals surface area contributed by atoms with Gasteiger partial charge in [-0.1, -0.05) is 11.6 Å². The Morgan fingerprint density at radius 1 is 1.31 bits per heavy atom. The first-order valence-corrected chi connectivity index (χ1v) is 5.36. The lowest BCUT2D eigenvalue weighted by molar-refractivity contribution is 0.507. The van der Waals surface area contributed by atoms with E-state index in [0.29, 0.717) is 17.4 Å². The summed E-state index contributed by atoms with van der Waals surface area (Å²) in [6.07, 6.45) is 0. The summed E-state index contributed by atoms with van der Waals surface area (Å²) in [7, 11) is 1.89. The van der Waals surface area contributed by atoms with E-state index in [-0.39, 0.29) is 0 Å². The van der Waals surface area contributed by atoms with E-state index in [2.05, 4.69) is 20.7 Å². The Labute approximate surface area is 98.4 Å². The molecular weight excluding hydrogens is 226 g/mol. The van der Waals surface area contributed by atoms with Crippen LogP contribution in [0.25, 0.3) is 11.4 Å². The lowest BCUT2D eigenvalue weighted by atomic mass is 10.2. The number of benzene rings is 1. The van der Waals surface area contributed by atoms with Crippen molar-refractivity contribution in [2.24, 2.45) is 0 Å². The lowest BCUT2D eigenvalue weighted by Gasteiger charge is -1.96. The molecule has 0 radical (unpaired) electrons. The standard InChI is InChI=1S/C10H12ClN5/c1-12-6-7-16-14-10(13-15-16)8-2-4-9(11)5-3-8/h2-5,12H,6-7H2,1H3. The average Bonchev–Trinajstić information content (AvgIpc) is 2.76. The molecule has 1 aromatic carbocycles. The normalized spacial score (nSPS) is 10.6. The molecule has 0 aliphatic rings. The van der Waals surface area contributed by atoms with Gasteiger partial charge in [-0.05, 0) is 36.5 Å². The van der Waals surface area contributed by atoms with E-state index in [1.165, 1.54) is 0 Å². The van der Waals surface area contributed by atoms with Gasteiger partial charge in [0.2, 0.25) is 5.82 Å². The van der Waals surface area contributed by atoms with Crippen molar-refractivity contribution in [3.63, 3.8) is 0 Å². The van der Waals surface area contributed by atoms with Gasteiger partial charge in [0.25, 0.3) is 0 Å². The third-order valence-corrected chi connectivity index (χ3v) is 2.37. The molecule has 0 spiro atoms. The summed E-state index contributed by atoms with van der Waals surface area (Å²) >= 11 is 5.80. The molecule has 16 heavy (non-hydrogen) atoms. The van der Waals surface area contributed by atoms with Crippen molar-refractivity contribution < 1.29 is 0 Å². The maximum atomic E-state index is 5.80. The third-order valence-electron chi connectivity index (χ3n) is 2.12. The molecule has 84 valence electrons. The highest BCUT2D eigenvalue weighted by atomic mass is 35.5. The highest BCUT2D eigenvalue weighted by molar-refractivity contribution is 6.30. The Bertz CT molecular complexity index is 450. The topological polar surface area (TPSA) is 55.6 Å². The average molecular weight is 238 g/mol. The second-order valence-electron chi connectivity index (χ2n) is 3.32. The predicted octanol–water partition coefficient (Wildman–Crippen LogP) is 1.21. The Morgan fingerprint density at radius 2 is 2.06 bits per heavy atom. The minimum atomic E-state index is 0.618. The summed E-state index contributed by atoms with van der Waals surface area (Å²) in [5, 5.41) is 15.9. The zero-order valence-corrected chi connectivity index (χ0v) is 9.65. The zero-order valence-electron chi connectivity index (χ0n) is 8.89. The minimum Gasteiger partial charge on any atom is -0.318 e. The summed E-state index contributed by atoms with van der Waals surface area (Å²) in [5.74, 6) is 0.618. The molecular formula is C10H12ClN5. The van der Waals surface area contributed by atoms with Gasteiger partial charge in [-0.15, -0.1) is 10.2 Å². The maximum absolute atomic E-state index is 5.80. The summed E-state index contributed by atoms with van der Waals surface area (Å²) in [6, 6.07) is 7.37. The van der Waals surface area contributed by atoms with Gasteiger partial charge in [0, 0.05) is 17.1 Å². The summed E-state index contributed by atoms with van der Waals surface area (Å²) in [5.41, 5.74) is 0.917. The fourth-order valence-corrected chi connectivity index (χ4v) is 1.39. The number of hydrogen-bond donors (Lipinski definition) is 1. The van der Waals surface area contributed by atoms with E-state index < -0.39 is 0 Å². The van der Waals surface area contributed by atoms with Gasteiger partial charge in [0.1, 0.15) is 0 Å². The van der Waals surface area contributed by atoms with Crippen LogP contribution in [0.1, 0.15) is 0 Å². The van der Waals surface area contributed by atoms with Crippen LogP contribution in [0.5, 0.6) is 0 Å². The quantitative estimate of drug-likeness (QED) is 0.869. The van der Waals surface area contributed by atoms with Gasteiger partial charge in [-0.3, -0.25) is 0 Å². The second-order valence-corrected chi connectivity index (χ2v) is 3.76. The first-order chi connectivity index (χ1) is 7.79. The Hall–Kier alpha value is -1.46. The fraction of sp³-hybridized carbons (Fsp3) is 0.300. The van der Waals surface area contributed by atoms with Crippen LogP contribution in [0.2, 0.25) is 5.02 Å². The largest absolute Gasteiger partial charge is 0.318 e. The number of nitrogens with one attached hydrogen (secondary N) is 1. The molecule has 0 saturated carbocycles. The van der Waals surface area contributed by atoms with E-state index in [0.717, 1.165) is 12.1 Å². The van der Waals surface area contributed by atoms with Gasteiger partial charge in [-0.25, -0.2) is 0 Å². The van der Waals surface area contributed by atoms with Crippen LogP contribution in [-0.2, 0) is 6.54 Å². The molecule has 5 nitrogen and oxygen atoms in total. The molecule has 1 aromatic heterocycles. The summed E-state index contributed by atoms with van der Waals surface area (Å²) in [4.78, 5) is 1.57. The van der Waals surface area contributed by atoms with Crippen LogP contribution in [0.3, 0.4) is 0 Å². The van der Waals surface area contributed by atoms with Crippen LogP contribution in [-0.4, -0.2) is 33.8 Å². The van der Waals surface area contributed by atoms with Crippen molar-refractivity contribution in [1.82, 2.24) is 25.5 Å². The smallest absolute Gasteiger partial charge is 0.204 e. The maximum Gasteiger partial charge on any atom is 0.204 e. The van der Waals surface area contributed by atoms with Crippen LogP contribution in [0, 0.1) is 0 Å². The van der Waals surface area contributed by atoms with E-state index in [9.17, 15) is 0 Å². The van der Waals surface area contributed by atoms with E-state index in [1.54, 1.807) is 4.80 Å². The second kappa shape index (κ2) is 5.05. The van der Waals surface area contributed by atoms with Crippen molar-refractivity contribution in [1.29, 1.82) is 0 Å². The monoisotopic (exact) mass is 237 g/mol.